The maximum atomic E-state index is 8.60. The first-order valence-electron chi connectivity index (χ1n) is 6.40. The van der Waals surface area contributed by atoms with E-state index in [1.807, 2.05) is 13.8 Å². The third kappa shape index (κ3) is 9.79. The van der Waals surface area contributed by atoms with Crippen molar-refractivity contribution in [2.24, 2.45) is 0 Å². The second-order valence-corrected chi connectivity index (χ2v) is 5.32. The van der Waals surface area contributed by atoms with Crippen molar-refractivity contribution < 1.29 is 24.4 Å². The van der Waals surface area contributed by atoms with E-state index >= 15 is 0 Å². The topological polar surface area (TPSA) is 68.2 Å². The van der Waals surface area contributed by atoms with Crippen LogP contribution >= 0.6 is 0 Å². The van der Waals surface area contributed by atoms with Crippen molar-refractivity contribution in [2.75, 3.05) is 20.3 Å². The van der Waals surface area contributed by atoms with E-state index < -0.39 is 11.6 Å². The molecule has 1 aliphatic rings. The van der Waals surface area contributed by atoms with Crippen molar-refractivity contribution in [3.63, 3.8) is 0 Å². The van der Waals surface area contributed by atoms with E-state index in [9.17, 15) is 0 Å². The Hall–Kier alpha value is -0.200. The van der Waals surface area contributed by atoms with Crippen LogP contribution < -0.4 is 0 Å². The van der Waals surface area contributed by atoms with Gasteiger partial charge in [-0.05, 0) is 47.0 Å². The highest BCUT2D eigenvalue weighted by Crippen LogP contribution is 2.24. The number of hydrogen-bond donors (Lipinski definition) is 2. The van der Waals surface area contributed by atoms with Crippen LogP contribution in [0.4, 0.5) is 0 Å². The fourth-order valence-corrected chi connectivity index (χ4v) is 1.39. The SMILES string of the molecule is CC1(C)OCC(CCCCO)O1.COC(C)(C)O. The molecule has 110 valence electrons. The van der Waals surface area contributed by atoms with Gasteiger partial charge in [0.05, 0.1) is 12.7 Å². The highest BCUT2D eigenvalue weighted by Gasteiger charge is 2.31. The predicted molar refractivity (Wildman–Crippen MR) is 69.1 cm³/mol. The van der Waals surface area contributed by atoms with Gasteiger partial charge in [0.25, 0.3) is 0 Å². The Bertz CT molecular complexity index is 210. The normalized spacial score (nSPS) is 22.5. The van der Waals surface area contributed by atoms with Crippen LogP contribution in [-0.4, -0.2) is 48.2 Å². The second-order valence-electron chi connectivity index (χ2n) is 5.32. The summed E-state index contributed by atoms with van der Waals surface area (Å²) >= 11 is 0. The Balaban J connectivity index is 0.000000411. The molecule has 1 aliphatic heterocycles. The lowest BCUT2D eigenvalue weighted by atomic mass is 10.2. The number of aliphatic hydroxyl groups excluding tert-OH is 1. The largest absolute Gasteiger partial charge is 0.396 e. The van der Waals surface area contributed by atoms with E-state index in [1.54, 1.807) is 13.8 Å². The molecule has 1 fully saturated rings. The van der Waals surface area contributed by atoms with Crippen LogP contribution in [-0.2, 0) is 14.2 Å². The highest BCUT2D eigenvalue weighted by atomic mass is 16.7. The summed E-state index contributed by atoms with van der Waals surface area (Å²) in [6.45, 7) is 7.98. The van der Waals surface area contributed by atoms with Crippen molar-refractivity contribution in [1.82, 2.24) is 0 Å². The van der Waals surface area contributed by atoms with Gasteiger partial charge in [0.1, 0.15) is 0 Å². The van der Waals surface area contributed by atoms with Crippen molar-refractivity contribution in [2.45, 2.75) is 64.6 Å². The van der Waals surface area contributed by atoms with Gasteiger partial charge < -0.3 is 24.4 Å². The van der Waals surface area contributed by atoms with Gasteiger partial charge in [-0.3, -0.25) is 0 Å². The van der Waals surface area contributed by atoms with Crippen molar-refractivity contribution in [1.29, 1.82) is 0 Å². The summed E-state index contributed by atoms with van der Waals surface area (Å²) in [4.78, 5) is 0. The van der Waals surface area contributed by atoms with Crippen LogP contribution in [0.2, 0.25) is 0 Å². The molecule has 1 unspecified atom stereocenters. The molecular weight excluding hydrogens is 236 g/mol. The number of unbranched alkanes of at least 4 members (excludes halogenated alkanes) is 1. The van der Waals surface area contributed by atoms with Crippen LogP contribution in [0.1, 0.15) is 47.0 Å². The van der Waals surface area contributed by atoms with Gasteiger partial charge in [-0.25, -0.2) is 0 Å². The molecule has 0 radical (unpaired) electrons. The number of ether oxygens (including phenoxy) is 3. The molecule has 1 saturated heterocycles. The molecule has 0 spiro atoms. The fourth-order valence-electron chi connectivity index (χ4n) is 1.39. The van der Waals surface area contributed by atoms with Crippen LogP contribution in [0.3, 0.4) is 0 Å². The van der Waals surface area contributed by atoms with Gasteiger partial charge in [0.15, 0.2) is 11.6 Å². The monoisotopic (exact) mass is 264 g/mol. The van der Waals surface area contributed by atoms with Crippen LogP contribution in [0.15, 0.2) is 0 Å². The van der Waals surface area contributed by atoms with Gasteiger partial charge in [-0.1, -0.05) is 0 Å². The lowest BCUT2D eigenvalue weighted by molar-refractivity contribution is -0.155. The molecule has 0 amide bonds. The van der Waals surface area contributed by atoms with Crippen LogP contribution in [0.25, 0.3) is 0 Å². The van der Waals surface area contributed by atoms with E-state index in [0.717, 1.165) is 19.3 Å². The lowest BCUT2D eigenvalue weighted by Crippen LogP contribution is -2.21. The number of rotatable bonds is 5. The quantitative estimate of drug-likeness (QED) is 0.584. The Morgan fingerprint density at radius 2 is 1.89 bits per heavy atom. The molecule has 2 N–H and O–H groups in total. The average molecular weight is 264 g/mol. The summed E-state index contributed by atoms with van der Waals surface area (Å²) in [5.74, 6) is -1.36. The van der Waals surface area contributed by atoms with E-state index in [-0.39, 0.29) is 12.7 Å². The molecular formula is C13H28O5. The molecule has 18 heavy (non-hydrogen) atoms. The molecule has 1 heterocycles. The first kappa shape index (κ1) is 17.8. The number of aliphatic hydroxyl groups is 2. The first-order chi connectivity index (χ1) is 8.20. The Morgan fingerprint density at radius 1 is 1.33 bits per heavy atom. The van der Waals surface area contributed by atoms with Crippen molar-refractivity contribution in [3.8, 4) is 0 Å². The molecule has 0 aliphatic carbocycles. The third-order valence-corrected chi connectivity index (χ3v) is 2.50. The number of hydrogen-bond acceptors (Lipinski definition) is 5. The Kier molecular flexibility index (Phi) is 7.98. The molecule has 0 aromatic heterocycles. The zero-order valence-corrected chi connectivity index (χ0v) is 12.2. The third-order valence-electron chi connectivity index (χ3n) is 2.50. The summed E-state index contributed by atoms with van der Waals surface area (Å²) in [5.41, 5.74) is 0. The summed E-state index contributed by atoms with van der Waals surface area (Å²) in [5, 5.41) is 17.2. The Morgan fingerprint density at radius 3 is 2.22 bits per heavy atom. The first-order valence-corrected chi connectivity index (χ1v) is 6.40. The van der Waals surface area contributed by atoms with Gasteiger partial charge in [-0.2, -0.15) is 0 Å². The smallest absolute Gasteiger partial charge is 0.163 e. The molecule has 1 rings (SSSR count). The van der Waals surface area contributed by atoms with Gasteiger partial charge in [0.2, 0.25) is 0 Å². The van der Waals surface area contributed by atoms with Crippen LogP contribution in [0.5, 0.6) is 0 Å². The van der Waals surface area contributed by atoms with E-state index in [0.29, 0.717) is 6.61 Å². The zero-order chi connectivity index (χ0) is 14.2. The molecule has 0 saturated carbocycles. The Labute approximate surface area is 110 Å². The van der Waals surface area contributed by atoms with Crippen LogP contribution in [0, 0.1) is 0 Å². The molecule has 5 nitrogen and oxygen atoms in total. The molecule has 0 aromatic rings. The average Bonchev–Trinajstić information content (AvgIpc) is 2.59. The fraction of sp³-hybridized carbons (Fsp3) is 1.00. The zero-order valence-electron chi connectivity index (χ0n) is 12.2. The molecule has 0 bridgehead atoms. The van der Waals surface area contributed by atoms with E-state index in [2.05, 4.69) is 4.74 Å². The second kappa shape index (κ2) is 8.07. The van der Waals surface area contributed by atoms with E-state index in [1.165, 1.54) is 7.11 Å². The summed E-state index contributed by atoms with van der Waals surface area (Å²) in [7, 11) is 1.46. The van der Waals surface area contributed by atoms with Crippen molar-refractivity contribution >= 4 is 0 Å². The summed E-state index contributed by atoms with van der Waals surface area (Å²) < 4.78 is 15.5. The maximum absolute atomic E-state index is 8.60. The minimum Gasteiger partial charge on any atom is -0.396 e. The maximum Gasteiger partial charge on any atom is 0.163 e. The summed E-state index contributed by atoms with van der Waals surface area (Å²) in [6, 6.07) is 0. The predicted octanol–water partition coefficient (Wildman–Crippen LogP) is 1.66. The minimum atomic E-state index is -0.958. The standard InChI is InChI=1S/C9H18O3.C4H10O2/c1-9(2)11-7-8(12-9)5-3-4-6-10;1-4(2,5)6-3/h8,10H,3-7H2,1-2H3;5H,1-3H3. The minimum absolute atomic E-state index is 0.228. The van der Waals surface area contributed by atoms with Gasteiger partial charge >= 0.3 is 0 Å². The van der Waals surface area contributed by atoms with Crippen molar-refractivity contribution in [3.05, 3.63) is 0 Å². The molecule has 1 atom stereocenters. The van der Waals surface area contributed by atoms with Gasteiger partial charge in [-0.15, -0.1) is 0 Å². The van der Waals surface area contributed by atoms with Gasteiger partial charge in [0, 0.05) is 13.7 Å². The molecule has 5 heteroatoms. The lowest BCUT2D eigenvalue weighted by Gasteiger charge is -2.16. The highest BCUT2D eigenvalue weighted by molar-refractivity contribution is 4.70. The molecule has 0 aromatic carbocycles. The number of methoxy groups -OCH3 is 1. The van der Waals surface area contributed by atoms with E-state index in [4.69, 9.17) is 19.7 Å². The summed E-state index contributed by atoms with van der Waals surface area (Å²) in [6.07, 6.45) is 3.09.